The van der Waals surface area contributed by atoms with Crippen molar-refractivity contribution in [2.45, 2.75) is 45.4 Å². The normalized spacial score (nSPS) is 22.2. The molecule has 29 heavy (non-hydrogen) atoms. The molecule has 2 aromatic carbocycles. The Labute approximate surface area is 173 Å². The average Bonchev–Trinajstić information content (AvgIpc) is 2.68. The molecule has 0 radical (unpaired) electrons. The third-order valence-electron chi connectivity index (χ3n) is 6.75. The van der Waals surface area contributed by atoms with Gasteiger partial charge in [-0.1, -0.05) is 60.5 Å². The number of rotatable bonds is 5. The van der Waals surface area contributed by atoms with Crippen molar-refractivity contribution in [2.75, 3.05) is 13.1 Å². The number of hydrogen-bond donors (Lipinski definition) is 1. The Kier molecular flexibility index (Phi) is 5.44. The van der Waals surface area contributed by atoms with E-state index in [2.05, 4.69) is 55.5 Å². The molecule has 1 saturated heterocycles. The monoisotopic (exact) mass is 390 g/mol. The second kappa shape index (κ2) is 8.02. The quantitative estimate of drug-likeness (QED) is 0.835. The van der Waals surface area contributed by atoms with Gasteiger partial charge in [0.15, 0.2) is 0 Å². The van der Waals surface area contributed by atoms with Gasteiger partial charge in [-0.3, -0.25) is 9.59 Å². The van der Waals surface area contributed by atoms with Crippen LogP contribution in [-0.4, -0.2) is 29.8 Å². The summed E-state index contributed by atoms with van der Waals surface area (Å²) in [7, 11) is 0. The van der Waals surface area contributed by atoms with Crippen LogP contribution < -0.4 is 5.73 Å². The van der Waals surface area contributed by atoms with Crippen LogP contribution in [0.1, 0.15) is 43.2 Å². The molecule has 1 atom stereocenters. The Morgan fingerprint density at radius 1 is 1.00 bits per heavy atom. The van der Waals surface area contributed by atoms with Gasteiger partial charge in [-0.15, -0.1) is 0 Å². The summed E-state index contributed by atoms with van der Waals surface area (Å²) in [5, 5.41) is 0. The summed E-state index contributed by atoms with van der Waals surface area (Å²) in [6, 6.07) is 16.9. The molecule has 152 valence electrons. The number of likely N-dealkylation sites (tertiary alicyclic amines) is 1. The van der Waals surface area contributed by atoms with Gasteiger partial charge in [-0.2, -0.15) is 0 Å². The maximum Gasteiger partial charge on any atom is 0.225 e. The summed E-state index contributed by atoms with van der Waals surface area (Å²) < 4.78 is 0. The van der Waals surface area contributed by atoms with E-state index in [0.717, 1.165) is 49.8 Å². The molecule has 0 aromatic heterocycles. The Balaban J connectivity index is 1.51. The Morgan fingerprint density at radius 2 is 1.62 bits per heavy atom. The predicted octanol–water partition coefficient (Wildman–Crippen LogP) is 4.10. The molecule has 1 saturated carbocycles. The Morgan fingerprint density at radius 3 is 2.17 bits per heavy atom. The van der Waals surface area contributed by atoms with Crippen molar-refractivity contribution in [3.8, 4) is 11.1 Å². The molecule has 1 heterocycles. The average molecular weight is 391 g/mol. The fourth-order valence-electron chi connectivity index (χ4n) is 4.62. The maximum absolute atomic E-state index is 12.7. The van der Waals surface area contributed by atoms with Gasteiger partial charge in [0, 0.05) is 19.0 Å². The second-order valence-electron chi connectivity index (χ2n) is 8.88. The number of nitrogens with zero attached hydrogens (tertiary/aromatic N) is 1. The van der Waals surface area contributed by atoms with Gasteiger partial charge >= 0.3 is 0 Å². The van der Waals surface area contributed by atoms with E-state index in [4.69, 9.17) is 5.73 Å². The molecular weight excluding hydrogens is 360 g/mol. The molecule has 2 aliphatic rings. The molecule has 2 amide bonds. The first-order chi connectivity index (χ1) is 14.0. The SMILES string of the molecule is Cc1ccc(-c2ccc(CC3(C(N)=O)CCCN(C(=O)C4CCC4)C3)cc2)cc1. The van der Waals surface area contributed by atoms with E-state index in [1.807, 2.05) is 4.90 Å². The first-order valence-electron chi connectivity index (χ1n) is 10.7. The lowest BCUT2D eigenvalue weighted by atomic mass is 9.73. The van der Waals surface area contributed by atoms with E-state index < -0.39 is 5.41 Å². The van der Waals surface area contributed by atoms with Crippen molar-refractivity contribution in [3.63, 3.8) is 0 Å². The summed E-state index contributed by atoms with van der Waals surface area (Å²) in [6.45, 7) is 3.29. The first-order valence-corrected chi connectivity index (χ1v) is 10.7. The zero-order chi connectivity index (χ0) is 20.4. The van der Waals surface area contributed by atoms with Crippen LogP contribution >= 0.6 is 0 Å². The van der Waals surface area contributed by atoms with Crippen LogP contribution in [0.2, 0.25) is 0 Å². The van der Waals surface area contributed by atoms with Gasteiger partial charge in [0.1, 0.15) is 0 Å². The fraction of sp³-hybridized carbons (Fsp3) is 0.440. The summed E-state index contributed by atoms with van der Waals surface area (Å²) in [6.07, 6.45) is 5.28. The van der Waals surface area contributed by atoms with Gasteiger partial charge < -0.3 is 10.6 Å². The molecule has 4 rings (SSSR count). The highest BCUT2D eigenvalue weighted by Crippen LogP contribution is 2.37. The van der Waals surface area contributed by atoms with Crippen LogP contribution in [-0.2, 0) is 16.0 Å². The number of aryl methyl sites for hydroxylation is 1. The number of carbonyl (C=O) groups excluding carboxylic acids is 2. The molecule has 1 aliphatic carbocycles. The van der Waals surface area contributed by atoms with Gasteiger partial charge in [-0.05, 0) is 55.7 Å². The molecule has 4 heteroatoms. The third-order valence-corrected chi connectivity index (χ3v) is 6.75. The van der Waals surface area contributed by atoms with Crippen molar-refractivity contribution in [3.05, 3.63) is 59.7 Å². The highest BCUT2D eigenvalue weighted by Gasteiger charge is 2.43. The van der Waals surface area contributed by atoms with Crippen LogP contribution in [0.4, 0.5) is 0 Å². The van der Waals surface area contributed by atoms with Crippen molar-refractivity contribution in [1.82, 2.24) is 4.90 Å². The maximum atomic E-state index is 12.7. The van der Waals surface area contributed by atoms with Crippen LogP contribution in [0.25, 0.3) is 11.1 Å². The van der Waals surface area contributed by atoms with Crippen LogP contribution in [0, 0.1) is 18.3 Å². The highest BCUT2D eigenvalue weighted by molar-refractivity contribution is 5.84. The zero-order valence-electron chi connectivity index (χ0n) is 17.2. The highest BCUT2D eigenvalue weighted by atomic mass is 16.2. The molecular formula is C25H30N2O2. The number of primary amides is 1. The van der Waals surface area contributed by atoms with Gasteiger partial charge in [0.25, 0.3) is 0 Å². The molecule has 2 fully saturated rings. The predicted molar refractivity (Wildman–Crippen MR) is 115 cm³/mol. The molecule has 2 N–H and O–H groups in total. The van der Waals surface area contributed by atoms with E-state index in [1.165, 1.54) is 11.1 Å². The van der Waals surface area contributed by atoms with Gasteiger partial charge in [0.05, 0.1) is 5.41 Å². The smallest absolute Gasteiger partial charge is 0.225 e. The van der Waals surface area contributed by atoms with E-state index in [9.17, 15) is 9.59 Å². The summed E-state index contributed by atoms with van der Waals surface area (Å²) >= 11 is 0. The second-order valence-corrected chi connectivity index (χ2v) is 8.88. The van der Waals surface area contributed by atoms with Crippen molar-refractivity contribution in [2.24, 2.45) is 17.1 Å². The van der Waals surface area contributed by atoms with Crippen LogP contribution in [0.15, 0.2) is 48.5 Å². The molecule has 4 nitrogen and oxygen atoms in total. The third kappa shape index (κ3) is 4.07. The van der Waals surface area contributed by atoms with Gasteiger partial charge in [0.2, 0.25) is 11.8 Å². The van der Waals surface area contributed by atoms with Gasteiger partial charge in [-0.25, -0.2) is 0 Å². The number of piperidine rings is 1. The molecule has 1 aliphatic heterocycles. The standard InChI is InChI=1S/C25H30N2O2/c1-18-6-10-20(11-7-18)21-12-8-19(9-13-21)16-25(24(26)29)14-3-15-27(17-25)23(28)22-4-2-5-22/h6-13,22H,2-5,14-17H2,1H3,(H2,26,29). The van der Waals surface area contributed by atoms with Crippen molar-refractivity contribution in [1.29, 1.82) is 0 Å². The number of benzene rings is 2. The topological polar surface area (TPSA) is 63.4 Å². The number of carbonyl (C=O) groups is 2. The largest absolute Gasteiger partial charge is 0.369 e. The summed E-state index contributed by atoms with van der Waals surface area (Å²) in [5.41, 5.74) is 9.91. The Hall–Kier alpha value is -2.62. The van der Waals surface area contributed by atoms with Crippen molar-refractivity contribution >= 4 is 11.8 Å². The molecule has 0 spiro atoms. The van der Waals surface area contributed by atoms with E-state index in [0.29, 0.717) is 13.0 Å². The van der Waals surface area contributed by atoms with E-state index in [-0.39, 0.29) is 17.7 Å². The molecule has 2 aromatic rings. The summed E-state index contributed by atoms with van der Waals surface area (Å²) in [5.74, 6) is 0.0926. The number of hydrogen-bond acceptors (Lipinski definition) is 2. The number of amides is 2. The fourth-order valence-corrected chi connectivity index (χ4v) is 4.62. The molecule has 1 unspecified atom stereocenters. The van der Waals surface area contributed by atoms with Crippen LogP contribution in [0.5, 0.6) is 0 Å². The van der Waals surface area contributed by atoms with Crippen molar-refractivity contribution < 1.29 is 9.59 Å². The lowest BCUT2D eigenvalue weighted by molar-refractivity contribution is -0.145. The minimum atomic E-state index is -0.664. The lowest BCUT2D eigenvalue weighted by Crippen LogP contribution is -2.54. The number of nitrogens with two attached hydrogens (primary N) is 1. The minimum Gasteiger partial charge on any atom is -0.369 e. The molecule has 0 bridgehead atoms. The van der Waals surface area contributed by atoms with E-state index in [1.54, 1.807) is 0 Å². The Bertz CT molecular complexity index is 884. The first kappa shape index (κ1) is 19.7. The lowest BCUT2D eigenvalue weighted by Gasteiger charge is -2.43. The minimum absolute atomic E-state index is 0.160. The van der Waals surface area contributed by atoms with E-state index >= 15 is 0 Å². The zero-order valence-corrected chi connectivity index (χ0v) is 17.2. The van der Waals surface area contributed by atoms with Crippen LogP contribution in [0.3, 0.4) is 0 Å². The summed E-state index contributed by atoms with van der Waals surface area (Å²) in [4.78, 5) is 27.2.